The average Bonchev–Trinajstić information content (AvgIpc) is 3.42. The molecule has 1 aliphatic rings. The van der Waals surface area contributed by atoms with Gasteiger partial charge in [-0.15, -0.1) is 0 Å². The lowest BCUT2D eigenvalue weighted by atomic mass is 10.1. The number of aromatic nitrogens is 1. The Morgan fingerprint density at radius 2 is 1.80 bits per heavy atom. The van der Waals surface area contributed by atoms with E-state index >= 15 is 0 Å². The van der Waals surface area contributed by atoms with E-state index in [0.29, 0.717) is 11.7 Å². The maximum absolute atomic E-state index is 10.8. The number of hydrogen-bond donors (Lipinski definition) is 0. The van der Waals surface area contributed by atoms with Gasteiger partial charge in [-0.2, -0.15) is 0 Å². The lowest BCUT2D eigenvalue weighted by Gasteiger charge is -2.10. The maximum atomic E-state index is 10.8. The Hall–Kier alpha value is -2.37. The van der Waals surface area contributed by atoms with Crippen molar-refractivity contribution in [3.8, 4) is 11.5 Å². The van der Waals surface area contributed by atoms with Crippen LogP contribution in [0.5, 0.6) is 11.5 Å². The van der Waals surface area contributed by atoms with Gasteiger partial charge in [0, 0.05) is 29.1 Å². The number of nitro groups is 1. The largest absolute Gasteiger partial charge is 0.454 e. The Morgan fingerprint density at radius 3 is 2.44 bits per heavy atom. The fraction of sp³-hybridized carbons (Fsp3) is 0.167. The summed E-state index contributed by atoms with van der Waals surface area (Å²) in [5.41, 5.74) is 1.85. The van der Waals surface area contributed by atoms with Crippen LogP contribution in [0.15, 0.2) is 42.5 Å². The van der Waals surface area contributed by atoms with Crippen LogP contribution in [0.1, 0.15) is 24.5 Å². The normalized spacial score (nSPS) is 13.8. The van der Waals surface area contributed by atoms with E-state index in [1.807, 2.05) is 24.3 Å². The first kappa shape index (κ1) is 16.1. The van der Waals surface area contributed by atoms with Gasteiger partial charge < -0.3 is 4.74 Å². The van der Waals surface area contributed by atoms with Gasteiger partial charge in [0.2, 0.25) is 0 Å². The molecular formula is C18H12Cl2N2O3. The molecule has 0 atom stereocenters. The Kier molecular flexibility index (Phi) is 3.98. The lowest BCUT2D eigenvalue weighted by Crippen LogP contribution is -1.92. The zero-order valence-electron chi connectivity index (χ0n) is 12.9. The molecular weight excluding hydrogens is 363 g/mol. The van der Waals surface area contributed by atoms with E-state index in [1.165, 1.54) is 25.0 Å². The van der Waals surface area contributed by atoms with Crippen molar-refractivity contribution < 1.29 is 9.66 Å². The Bertz CT molecular complexity index is 980. The monoisotopic (exact) mass is 374 g/mol. The van der Waals surface area contributed by atoms with Crippen molar-refractivity contribution in [3.05, 3.63) is 68.3 Å². The molecule has 1 fully saturated rings. The van der Waals surface area contributed by atoms with Gasteiger partial charge in [0.1, 0.15) is 5.75 Å². The molecule has 0 bridgehead atoms. The summed E-state index contributed by atoms with van der Waals surface area (Å²) in [6.45, 7) is 0. The topological polar surface area (TPSA) is 65.3 Å². The molecule has 1 aliphatic carbocycles. The summed E-state index contributed by atoms with van der Waals surface area (Å²) < 4.78 is 5.76. The third kappa shape index (κ3) is 3.25. The summed E-state index contributed by atoms with van der Waals surface area (Å²) in [5.74, 6) is 1.32. The minimum atomic E-state index is -0.555. The number of ether oxygens (including phenoxy) is 1. The van der Waals surface area contributed by atoms with Gasteiger partial charge in [0.25, 0.3) is 5.69 Å². The molecule has 1 heterocycles. The standard InChI is InChI=1S/C18H12Cl2N2O3/c19-14-8-12(22(23)24)9-15(20)18(14)25-13-4-6-17-11(7-13)3-5-16(21-17)10-1-2-10/h3-10H,1-2H2. The van der Waals surface area contributed by atoms with Crippen LogP contribution in [0.3, 0.4) is 0 Å². The predicted octanol–water partition coefficient (Wildman–Crippen LogP) is 6.12. The predicted molar refractivity (Wildman–Crippen MR) is 96.9 cm³/mol. The zero-order valence-corrected chi connectivity index (χ0v) is 14.4. The molecule has 0 radical (unpaired) electrons. The second kappa shape index (κ2) is 6.17. The highest BCUT2D eigenvalue weighted by Gasteiger charge is 2.25. The average molecular weight is 375 g/mol. The van der Waals surface area contributed by atoms with Crippen molar-refractivity contribution in [1.82, 2.24) is 4.98 Å². The first-order valence-electron chi connectivity index (χ1n) is 7.73. The smallest absolute Gasteiger partial charge is 0.272 e. The highest BCUT2D eigenvalue weighted by molar-refractivity contribution is 6.37. The number of halogens is 2. The van der Waals surface area contributed by atoms with Gasteiger partial charge >= 0.3 is 0 Å². The third-order valence-corrected chi connectivity index (χ3v) is 4.65. The Labute approximate surface area is 153 Å². The highest BCUT2D eigenvalue weighted by atomic mass is 35.5. The van der Waals surface area contributed by atoms with Crippen molar-refractivity contribution >= 4 is 39.8 Å². The van der Waals surface area contributed by atoms with Crippen LogP contribution in [-0.2, 0) is 0 Å². The third-order valence-electron chi connectivity index (χ3n) is 4.09. The number of benzene rings is 2. The van der Waals surface area contributed by atoms with E-state index in [0.717, 1.165) is 16.6 Å². The van der Waals surface area contributed by atoms with Crippen molar-refractivity contribution in [3.63, 3.8) is 0 Å². The van der Waals surface area contributed by atoms with E-state index in [1.54, 1.807) is 6.07 Å². The molecule has 0 aliphatic heterocycles. The molecule has 7 heteroatoms. The highest BCUT2D eigenvalue weighted by Crippen LogP contribution is 2.41. The van der Waals surface area contributed by atoms with E-state index in [2.05, 4.69) is 4.98 Å². The van der Waals surface area contributed by atoms with Gasteiger partial charge in [0.15, 0.2) is 5.75 Å². The summed E-state index contributed by atoms with van der Waals surface area (Å²) in [6, 6.07) is 12.0. The van der Waals surface area contributed by atoms with Crippen LogP contribution < -0.4 is 4.74 Å². The van der Waals surface area contributed by atoms with Crippen LogP contribution in [-0.4, -0.2) is 9.91 Å². The van der Waals surface area contributed by atoms with Gasteiger partial charge in [-0.25, -0.2) is 0 Å². The molecule has 4 rings (SSSR count). The van der Waals surface area contributed by atoms with E-state index in [9.17, 15) is 10.1 Å². The molecule has 0 saturated heterocycles. The number of pyridine rings is 1. The summed E-state index contributed by atoms with van der Waals surface area (Å²) in [4.78, 5) is 15.0. The molecule has 25 heavy (non-hydrogen) atoms. The number of nitro benzene ring substituents is 1. The van der Waals surface area contributed by atoms with Gasteiger partial charge in [-0.3, -0.25) is 15.1 Å². The minimum absolute atomic E-state index is 0.0847. The van der Waals surface area contributed by atoms with Crippen LogP contribution in [0.2, 0.25) is 10.0 Å². The van der Waals surface area contributed by atoms with Gasteiger partial charge in [-0.1, -0.05) is 29.3 Å². The number of non-ortho nitro benzene ring substituents is 1. The minimum Gasteiger partial charge on any atom is -0.454 e. The van der Waals surface area contributed by atoms with E-state index < -0.39 is 4.92 Å². The summed E-state index contributed by atoms with van der Waals surface area (Å²) in [5, 5.41) is 12.0. The Balaban J connectivity index is 1.66. The van der Waals surface area contributed by atoms with Crippen LogP contribution in [0.25, 0.3) is 10.9 Å². The summed E-state index contributed by atoms with van der Waals surface area (Å²) in [6.07, 6.45) is 2.41. The molecule has 0 spiro atoms. The van der Waals surface area contributed by atoms with Crippen molar-refractivity contribution in [2.24, 2.45) is 0 Å². The van der Waals surface area contributed by atoms with Crippen molar-refractivity contribution in [1.29, 1.82) is 0 Å². The second-order valence-corrected chi connectivity index (χ2v) is 6.78. The fourth-order valence-electron chi connectivity index (χ4n) is 2.66. The molecule has 5 nitrogen and oxygen atoms in total. The number of rotatable bonds is 4. The van der Waals surface area contributed by atoms with Gasteiger partial charge in [-0.05, 0) is 37.1 Å². The number of fused-ring (bicyclic) bond motifs is 1. The van der Waals surface area contributed by atoms with Crippen molar-refractivity contribution in [2.75, 3.05) is 0 Å². The van der Waals surface area contributed by atoms with Crippen LogP contribution in [0.4, 0.5) is 5.69 Å². The van der Waals surface area contributed by atoms with Crippen LogP contribution >= 0.6 is 23.2 Å². The number of hydrogen-bond acceptors (Lipinski definition) is 4. The molecule has 1 aromatic heterocycles. The first-order valence-corrected chi connectivity index (χ1v) is 8.49. The molecule has 0 N–H and O–H groups in total. The van der Waals surface area contributed by atoms with Crippen molar-refractivity contribution in [2.45, 2.75) is 18.8 Å². The summed E-state index contributed by atoms with van der Waals surface area (Å²) >= 11 is 12.2. The van der Waals surface area contributed by atoms with E-state index in [-0.39, 0.29) is 21.5 Å². The van der Waals surface area contributed by atoms with Gasteiger partial charge in [0.05, 0.1) is 20.5 Å². The van der Waals surface area contributed by atoms with E-state index in [4.69, 9.17) is 27.9 Å². The summed E-state index contributed by atoms with van der Waals surface area (Å²) in [7, 11) is 0. The zero-order chi connectivity index (χ0) is 17.6. The molecule has 0 amide bonds. The SMILES string of the molecule is O=[N+]([O-])c1cc(Cl)c(Oc2ccc3nc(C4CC4)ccc3c2)c(Cl)c1. The molecule has 0 unspecified atom stereocenters. The first-order chi connectivity index (χ1) is 12.0. The molecule has 126 valence electrons. The fourth-order valence-corrected chi connectivity index (χ4v) is 3.21. The molecule has 1 saturated carbocycles. The molecule has 3 aromatic rings. The molecule has 2 aromatic carbocycles. The quantitative estimate of drug-likeness (QED) is 0.407. The number of nitrogens with zero attached hydrogens (tertiary/aromatic N) is 2. The second-order valence-electron chi connectivity index (χ2n) is 5.96. The maximum Gasteiger partial charge on any atom is 0.272 e. The Morgan fingerprint density at radius 1 is 1.08 bits per heavy atom. The van der Waals surface area contributed by atoms with Crippen LogP contribution in [0, 0.1) is 10.1 Å². The lowest BCUT2D eigenvalue weighted by molar-refractivity contribution is -0.384.